The summed E-state index contributed by atoms with van der Waals surface area (Å²) in [5.74, 6) is -0.703. The Morgan fingerprint density at radius 2 is 1.59 bits per heavy atom. The summed E-state index contributed by atoms with van der Waals surface area (Å²) in [6, 6.07) is 18.7. The van der Waals surface area contributed by atoms with Gasteiger partial charge in [0.05, 0.1) is 11.1 Å². The summed E-state index contributed by atoms with van der Waals surface area (Å²) in [4.78, 5) is 29.2. The first kappa shape index (κ1) is 19.4. The van der Waals surface area contributed by atoms with Gasteiger partial charge in [-0.05, 0) is 25.5 Å². The lowest BCUT2D eigenvalue weighted by molar-refractivity contribution is -0.126. The van der Waals surface area contributed by atoms with Crippen molar-refractivity contribution < 1.29 is 9.59 Å². The van der Waals surface area contributed by atoms with E-state index in [0.717, 1.165) is 11.3 Å². The fraction of sp³-hybridized carbons (Fsp3) is 0.200. The average molecular weight is 430 g/mol. The van der Waals surface area contributed by atoms with E-state index in [1.807, 2.05) is 60.7 Å². The SMILES string of the molecule is CC1(C(=O)NNC(=O)c2nc(-c3ccccc3)n(-c3ccccc3)n2)CC1(Cl)Cl. The first-order valence-electron chi connectivity index (χ1n) is 8.88. The van der Waals surface area contributed by atoms with Crippen LogP contribution in [0.4, 0.5) is 0 Å². The molecule has 29 heavy (non-hydrogen) atoms. The van der Waals surface area contributed by atoms with Crippen molar-refractivity contribution >= 4 is 35.0 Å². The topological polar surface area (TPSA) is 88.9 Å². The van der Waals surface area contributed by atoms with Crippen molar-refractivity contribution in [2.75, 3.05) is 0 Å². The minimum absolute atomic E-state index is 0.0861. The lowest BCUT2D eigenvalue weighted by Gasteiger charge is -2.12. The maximum absolute atomic E-state index is 12.6. The molecule has 1 aliphatic rings. The molecule has 1 fully saturated rings. The van der Waals surface area contributed by atoms with Crippen LogP contribution in [0.5, 0.6) is 0 Å². The second kappa shape index (κ2) is 7.17. The molecular weight excluding hydrogens is 413 g/mol. The van der Waals surface area contributed by atoms with Gasteiger partial charge in [0.1, 0.15) is 4.33 Å². The molecule has 9 heteroatoms. The van der Waals surface area contributed by atoms with Crippen molar-refractivity contribution in [2.24, 2.45) is 5.41 Å². The van der Waals surface area contributed by atoms with Crippen LogP contribution in [0.25, 0.3) is 17.1 Å². The normalized spacial score (nSPS) is 19.4. The lowest BCUT2D eigenvalue weighted by Crippen LogP contribution is -2.46. The predicted octanol–water partition coefficient (Wildman–Crippen LogP) is 3.28. The van der Waals surface area contributed by atoms with E-state index in [-0.39, 0.29) is 5.82 Å². The maximum Gasteiger partial charge on any atom is 0.309 e. The fourth-order valence-electron chi connectivity index (χ4n) is 2.89. The highest BCUT2D eigenvalue weighted by atomic mass is 35.5. The predicted molar refractivity (Wildman–Crippen MR) is 110 cm³/mol. The molecule has 1 heterocycles. The van der Waals surface area contributed by atoms with Gasteiger partial charge in [0.15, 0.2) is 5.82 Å². The molecule has 1 aromatic heterocycles. The number of para-hydroxylation sites is 1. The van der Waals surface area contributed by atoms with Gasteiger partial charge in [-0.15, -0.1) is 28.3 Å². The zero-order chi connectivity index (χ0) is 20.6. The number of nitrogens with zero attached hydrogens (tertiary/aromatic N) is 3. The molecular formula is C20H17Cl2N5O2. The van der Waals surface area contributed by atoms with Crippen LogP contribution in [0.15, 0.2) is 60.7 Å². The van der Waals surface area contributed by atoms with Gasteiger partial charge < -0.3 is 0 Å². The molecule has 1 saturated carbocycles. The van der Waals surface area contributed by atoms with Gasteiger partial charge in [-0.2, -0.15) is 0 Å². The molecule has 0 radical (unpaired) electrons. The van der Waals surface area contributed by atoms with E-state index in [0.29, 0.717) is 12.2 Å². The van der Waals surface area contributed by atoms with Crippen molar-refractivity contribution in [1.29, 1.82) is 0 Å². The molecule has 7 nitrogen and oxygen atoms in total. The quantitative estimate of drug-likeness (QED) is 0.491. The van der Waals surface area contributed by atoms with Gasteiger partial charge in [-0.25, -0.2) is 9.67 Å². The largest absolute Gasteiger partial charge is 0.309 e. The molecule has 2 aromatic carbocycles. The number of benzene rings is 2. The van der Waals surface area contributed by atoms with Crippen molar-refractivity contribution in [3.05, 3.63) is 66.5 Å². The van der Waals surface area contributed by atoms with Crippen molar-refractivity contribution in [3.63, 3.8) is 0 Å². The van der Waals surface area contributed by atoms with Gasteiger partial charge in [0.25, 0.3) is 0 Å². The van der Waals surface area contributed by atoms with Crippen LogP contribution in [-0.4, -0.2) is 30.9 Å². The second-order valence-electron chi connectivity index (χ2n) is 6.99. The number of alkyl halides is 2. The standard InChI is InChI=1S/C20H17Cl2N5O2/c1-19(12-20(19,21)22)18(29)25-24-17(28)15-23-16(13-8-4-2-5-9-13)27(26-15)14-10-6-3-7-11-14/h2-11H,12H2,1H3,(H,24,28)(H,25,29). The van der Waals surface area contributed by atoms with Crippen LogP contribution in [0.1, 0.15) is 24.0 Å². The number of aromatic nitrogens is 3. The summed E-state index contributed by atoms with van der Waals surface area (Å²) in [6.45, 7) is 1.63. The third-order valence-corrected chi connectivity index (χ3v) is 5.99. The Kier molecular flexibility index (Phi) is 4.80. The van der Waals surface area contributed by atoms with Gasteiger partial charge in [-0.1, -0.05) is 48.5 Å². The molecule has 148 valence electrons. The molecule has 3 aromatic rings. The number of amides is 2. The van der Waals surface area contributed by atoms with Gasteiger partial charge in [-0.3, -0.25) is 20.4 Å². The highest BCUT2D eigenvalue weighted by molar-refractivity contribution is 6.53. The average Bonchev–Trinajstić information content (AvgIpc) is 3.07. The molecule has 0 saturated heterocycles. The summed E-state index contributed by atoms with van der Waals surface area (Å²) < 4.78 is 0.451. The Hall–Kier alpha value is -2.90. The highest BCUT2D eigenvalue weighted by Gasteiger charge is 2.68. The Labute approximate surface area is 177 Å². The van der Waals surface area contributed by atoms with Gasteiger partial charge in [0.2, 0.25) is 11.7 Å². The molecule has 2 N–H and O–H groups in total. The highest BCUT2D eigenvalue weighted by Crippen LogP contribution is 2.63. The molecule has 0 spiro atoms. The van der Waals surface area contributed by atoms with Crippen LogP contribution in [-0.2, 0) is 4.79 Å². The minimum Gasteiger partial charge on any atom is -0.273 e. The van der Waals surface area contributed by atoms with Crippen molar-refractivity contribution in [3.8, 4) is 17.1 Å². The molecule has 2 amide bonds. The molecule has 0 bridgehead atoms. The molecule has 4 rings (SSSR count). The Morgan fingerprint density at radius 3 is 2.17 bits per heavy atom. The minimum atomic E-state index is -1.13. The number of hydrogen-bond donors (Lipinski definition) is 2. The van der Waals surface area contributed by atoms with E-state index in [1.54, 1.807) is 11.6 Å². The summed E-state index contributed by atoms with van der Waals surface area (Å²) in [5.41, 5.74) is 5.28. The first-order valence-corrected chi connectivity index (χ1v) is 9.64. The van der Waals surface area contributed by atoms with Crippen LogP contribution >= 0.6 is 23.2 Å². The van der Waals surface area contributed by atoms with Crippen LogP contribution < -0.4 is 10.9 Å². The van der Waals surface area contributed by atoms with Crippen LogP contribution in [0.3, 0.4) is 0 Å². The fourth-order valence-corrected chi connectivity index (χ4v) is 3.59. The Balaban J connectivity index is 1.59. The van der Waals surface area contributed by atoms with Crippen LogP contribution in [0.2, 0.25) is 0 Å². The summed E-state index contributed by atoms with van der Waals surface area (Å²) in [6.07, 6.45) is 0.309. The second-order valence-corrected chi connectivity index (χ2v) is 8.48. The van der Waals surface area contributed by atoms with E-state index in [9.17, 15) is 9.59 Å². The number of hydrogen-bond acceptors (Lipinski definition) is 4. The Morgan fingerprint density at radius 1 is 1.00 bits per heavy atom. The lowest BCUT2D eigenvalue weighted by atomic mass is 10.1. The number of hydrazine groups is 1. The molecule has 1 unspecified atom stereocenters. The van der Waals surface area contributed by atoms with Crippen molar-refractivity contribution in [2.45, 2.75) is 17.7 Å². The zero-order valence-electron chi connectivity index (χ0n) is 15.4. The van der Waals surface area contributed by atoms with Gasteiger partial charge >= 0.3 is 5.91 Å². The van der Waals surface area contributed by atoms with E-state index in [1.165, 1.54) is 0 Å². The number of carbonyl (C=O) groups excluding carboxylic acids is 2. The smallest absolute Gasteiger partial charge is 0.273 e. The van der Waals surface area contributed by atoms with E-state index >= 15 is 0 Å². The third-order valence-electron chi connectivity index (χ3n) is 4.89. The molecule has 1 aliphatic carbocycles. The van der Waals surface area contributed by atoms with E-state index < -0.39 is 21.6 Å². The summed E-state index contributed by atoms with van der Waals surface area (Å²) >= 11 is 12.0. The number of nitrogens with one attached hydrogen (secondary N) is 2. The summed E-state index contributed by atoms with van der Waals surface area (Å²) in [7, 11) is 0. The van der Waals surface area contributed by atoms with Crippen molar-refractivity contribution in [1.82, 2.24) is 25.6 Å². The van der Waals surface area contributed by atoms with E-state index in [2.05, 4.69) is 20.9 Å². The zero-order valence-corrected chi connectivity index (χ0v) is 16.9. The Bertz CT molecular complexity index is 1010. The monoisotopic (exact) mass is 429 g/mol. The van der Waals surface area contributed by atoms with Gasteiger partial charge in [0, 0.05) is 5.56 Å². The van der Waals surface area contributed by atoms with E-state index in [4.69, 9.17) is 23.2 Å². The molecule has 0 aliphatic heterocycles. The first-order chi connectivity index (χ1) is 13.8. The summed E-state index contributed by atoms with van der Waals surface area (Å²) in [5, 5.41) is 4.33. The third kappa shape index (κ3) is 3.59. The number of rotatable bonds is 4. The maximum atomic E-state index is 12.6. The number of carbonyl (C=O) groups is 2. The van der Waals surface area contributed by atoms with Crippen LogP contribution in [0, 0.1) is 5.41 Å². The number of halogens is 2. The molecule has 1 atom stereocenters.